The van der Waals surface area contributed by atoms with Gasteiger partial charge in [-0.1, -0.05) is 110 Å². The lowest BCUT2D eigenvalue weighted by Gasteiger charge is -2.12. The number of nitriles is 1. The van der Waals surface area contributed by atoms with E-state index < -0.39 is 0 Å². The number of nitrogens with zero attached hydrogens (tertiary/aromatic N) is 1. The van der Waals surface area contributed by atoms with E-state index in [1.807, 2.05) is 24.3 Å². The van der Waals surface area contributed by atoms with E-state index in [1.54, 1.807) is 0 Å². The van der Waals surface area contributed by atoms with Crippen molar-refractivity contribution in [3.63, 3.8) is 0 Å². The molecule has 150 valence electrons. The molecule has 0 aromatic heterocycles. The number of hydrogen-bond donors (Lipinski definition) is 0. The van der Waals surface area contributed by atoms with Crippen LogP contribution in [0.15, 0.2) is 103 Å². The van der Waals surface area contributed by atoms with Gasteiger partial charge in [0.1, 0.15) is 0 Å². The molecule has 4 aromatic rings. The molecule has 0 radical (unpaired) electrons. The van der Waals surface area contributed by atoms with E-state index in [-0.39, 0.29) is 0 Å². The zero-order valence-electron chi connectivity index (χ0n) is 17.7. The van der Waals surface area contributed by atoms with E-state index in [1.165, 1.54) is 22.3 Å². The van der Waals surface area contributed by atoms with Gasteiger partial charge in [0.15, 0.2) is 0 Å². The van der Waals surface area contributed by atoms with Gasteiger partial charge in [0.2, 0.25) is 0 Å². The molecule has 31 heavy (non-hydrogen) atoms. The van der Waals surface area contributed by atoms with Crippen molar-refractivity contribution in [1.29, 1.82) is 5.26 Å². The van der Waals surface area contributed by atoms with E-state index in [9.17, 15) is 0 Å². The summed E-state index contributed by atoms with van der Waals surface area (Å²) in [5.74, 6) is 0.509. The molecular formula is C30H25N. The van der Waals surface area contributed by atoms with Crippen LogP contribution in [0.3, 0.4) is 0 Å². The van der Waals surface area contributed by atoms with Gasteiger partial charge in [-0.05, 0) is 57.9 Å². The summed E-state index contributed by atoms with van der Waals surface area (Å²) in [6.45, 7) is 2.29. The molecule has 1 heteroatoms. The molecular weight excluding hydrogens is 374 g/mol. The Morgan fingerprint density at radius 3 is 1.74 bits per heavy atom. The third-order valence-electron chi connectivity index (χ3n) is 5.62. The van der Waals surface area contributed by atoms with Gasteiger partial charge < -0.3 is 0 Å². The van der Waals surface area contributed by atoms with Crippen molar-refractivity contribution in [2.24, 2.45) is 0 Å². The summed E-state index contributed by atoms with van der Waals surface area (Å²) in [6, 6.07) is 38.0. The molecule has 0 heterocycles. The molecule has 0 unspecified atom stereocenters. The van der Waals surface area contributed by atoms with Crippen LogP contribution in [0.2, 0.25) is 0 Å². The highest BCUT2D eigenvalue weighted by Crippen LogP contribution is 2.24. The van der Waals surface area contributed by atoms with Crippen LogP contribution < -0.4 is 0 Å². The maximum absolute atomic E-state index is 8.89. The molecule has 0 saturated carbocycles. The third-order valence-corrected chi connectivity index (χ3v) is 5.62. The molecule has 0 aliphatic carbocycles. The average Bonchev–Trinajstić information content (AvgIpc) is 2.84. The molecule has 0 fully saturated rings. The zero-order chi connectivity index (χ0) is 21.5. The Morgan fingerprint density at radius 2 is 1.19 bits per heavy atom. The second kappa shape index (κ2) is 9.74. The molecule has 0 aliphatic heterocycles. The van der Waals surface area contributed by atoms with Crippen LogP contribution in [0.1, 0.15) is 40.7 Å². The van der Waals surface area contributed by atoms with Gasteiger partial charge in [-0.3, -0.25) is 0 Å². The minimum Gasteiger partial charge on any atom is -0.192 e. The second-order valence-electron chi connectivity index (χ2n) is 7.90. The first-order chi connectivity index (χ1) is 15.2. The summed E-state index contributed by atoms with van der Waals surface area (Å²) < 4.78 is 0. The molecule has 0 saturated heterocycles. The van der Waals surface area contributed by atoms with Crippen molar-refractivity contribution in [1.82, 2.24) is 0 Å². The SMILES string of the molecule is C[C@@H](Cc1ccc(-c2ccc(C=Cc3ccc(C#N)cc3)cc2)cc1)c1ccccc1. The Kier molecular flexibility index (Phi) is 6.41. The van der Waals surface area contributed by atoms with Crippen molar-refractivity contribution in [3.8, 4) is 17.2 Å². The van der Waals surface area contributed by atoms with Crippen molar-refractivity contribution in [2.45, 2.75) is 19.3 Å². The molecule has 0 bridgehead atoms. The Hall–Kier alpha value is -3.89. The first-order valence-electron chi connectivity index (χ1n) is 10.6. The predicted molar refractivity (Wildman–Crippen MR) is 131 cm³/mol. The molecule has 1 atom stereocenters. The first kappa shape index (κ1) is 20.4. The first-order valence-corrected chi connectivity index (χ1v) is 10.6. The molecule has 1 nitrogen and oxygen atoms in total. The van der Waals surface area contributed by atoms with Gasteiger partial charge in [-0.2, -0.15) is 5.26 Å². The van der Waals surface area contributed by atoms with Crippen molar-refractivity contribution in [3.05, 3.63) is 131 Å². The molecule has 4 aromatic carbocycles. The van der Waals surface area contributed by atoms with Crippen LogP contribution in [0, 0.1) is 11.3 Å². The highest BCUT2D eigenvalue weighted by atomic mass is 14.2. The van der Waals surface area contributed by atoms with Gasteiger partial charge in [0, 0.05) is 0 Å². The maximum Gasteiger partial charge on any atom is 0.0991 e. The highest BCUT2D eigenvalue weighted by molar-refractivity contribution is 5.72. The zero-order valence-corrected chi connectivity index (χ0v) is 17.7. The number of benzene rings is 4. The molecule has 4 rings (SSSR count). The summed E-state index contributed by atoms with van der Waals surface area (Å²) in [6.07, 6.45) is 5.21. The van der Waals surface area contributed by atoms with E-state index in [0.717, 1.165) is 17.5 Å². The van der Waals surface area contributed by atoms with Crippen LogP contribution in [0.4, 0.5) is 0 Å². The Balaban J connectivity index is 1.40. The van der Waals surface area contributed by atoms with Gasteiger partial charge >= 0.3 is 0 Å². The van der Waals surface area contributed by atoms with Crippen molar-refractivity contribution < 1.29 is 0 Å². The summed E-state index contributed by atoms with van der Waals surface area (Å²) in [4.78, 5) is 0. The van der Waals surface area contributed by atoms with E-state index in [4.69, 9.17) is 5.26 Å². The fourth-order valence-corrected chi connectivity index (χ4v) is 3.73. The summed E-state index contributed by atoms with van der Waals surface area (Å²) in [5, 5.41) is 8.89. The van der Waals surface area contributed by atoms with E-state index in [0.29, 0.717) is 11.5 Å². The minimum atomic E-state index is 0.509. The molecule has 0 aliphatic rings. The van der Waals surface area contributed by atoms with Crippen LogP contribution in [0.5, 0.6) is 0 Å². The van der Waals surface area contributed by atoms with Gasteiger partial charge in [-0.25, -0.2) is 0 Å². The Morgan fingerprint density at radius 1 is 0.677 bits per heavy atom. The molecule has 0 N–H and O–H groups in total. The van der Waals surface area contributed by atoms with Gasteiger partial charge in [0.25, 0.3) is 0 Å². The lowest BCUT2D eigenvalue weighted by Crippen LogP contribution is -1.98. The van der Waals surface area contributed by atoms with Crippen LogP contribution in [-0.4, -0.2) is 0 Å². The van der Waals surface area contributed by atoms with Crippen molar-refractivity contribution >= 4 is 12.2 Å². The largest absolute Gasteiger partial charge is 0.192 e. The van der Waals surface area contributed by atoms with E-state index >= 15 is 0 Å². The van der Waals surface area contributed by atoms with Crippen molar-refractivity contribution in [2.75, 3.05) is 0 Å². The maximum atomic E-state index is 8.89. The topological polar surface area (TPSA) is 23.8 Å². The van der Waals surface area contributed by atoms with Crippen LogP contribution in [0.25, 0.3) is 23.3 Å². The van der Waals surface area contributed by atoms with Crippen LogP contribution >= 0.6 is 0 Å². The van der Waals surface area contributed by atoms with E-state index in [2.05, 4.69) is 104 Å². The summed E-state index contributed by atoms with van der Waals surface area (Å²) >= 11 is 0. The third kappa shape index (κ3) is 5.38. The summed E-state index contributed by atoms with van der Waals surface area (Å²) in [5.41, 5.74) is 8.13. The Bertz CT molecular complexity index is 1180. The standard InChI is InChI=1S/C30H25N/c1-23(28-5-3-2-4-6-28)21-26-15-19-30(20-16-26)29-17-13-25(14-18-29)8-7-24-9-11-27(22-31)12-10-24/h2-20,23H,21H2,1H3/t23-/m0/s1. The monoisotopic (exact) mass is 399 g/mol. The second-order valence-corrected chi connectivity index (χ2v) is 7.90. The number of hydrogen-bond acceptors (Lipinski definition) is 1. The minimum absolute atomic E-state index is 0.509. The fraction of sp³-hybridized carbons (Fsp3) is 0.100. The lowest BCUT2D eigenvalue weighted by molar-refractivity contribution is 0.759. The quantitative estimate of drug-likeness (QED) is 0.304. The fourth-order valence-electron chi connectivity index (χ4n) is 3.73. The molecule has 0 amide bonds. The smallest absolute Gasteiger partial charge is 0.0991 e. The summed E-state index contributed by atoms with van der Waals surface area (Å²) in [7, 11) is 0. The number of rotatable bonds is 6. The lowest BCUT2D eigenvalue weighted by atomic mass is 9.93. The van der Waals surface area contributed by atoms with Gasteiger partial charge in [0.05, 0.1) is 11.6 Å². The van der Waals surface area contributed by atoms with Crippen LogP contribution in [-0.2, 0) is 6.42 Å². The van der Waals surface area contributed by atoms with Gasteiger partial charge in [-0.15, -0.1) is 0 Å². The Labute approximate surface area is 184 Å². The molecule has 0 spiro atoms. The average molecular weight is 400 g/mol. The highest BCUT2D eigenvalue weighted by Gasteiger charge is 2.06. The predicted octanol–water partition coefficient (Wildman–Crippen LogP) is 7.74. The normalized spacial score (nSPS) is 11.9.